The highest BCUT2D eigenvalue weighted by molar-refractivity contribution is 7.22. The van der Waals surface area contributed by atoms with Gasteiger partial charge in [-0.25, -0.2) is 9.97 Å². The van der Waals surface area contributed by atoms with Crippen molar-refractivity contribution < 1.29 is 14.0 Å². The van der Waals surface area contributed by atoms with E-state index in [9.17, 15) is 4.79 Å². The summed E-state index contributed by atoms with van der Waals surface area (Å²) in [4.78, 5) is 31.3. The lowest BCUT2D eigenvalue weighted by Gasteiger charge is -2.40. The zero-order valence-electron chi connectivity index (χ0n) is 25.0. The molecule has 1 N–H and O–H groups in total. The molecule has 0 spiro atoms. The maximum atomic E-state index is 13.5. The summed E-state index contributed by atoms with van der Waals surface area (Å²) >= 11 is 7.60. The molecule has 1 aliphatic carbocycles. The first-order valence-corrected chi connectivity index (χ1v) is 18.1. The van der Waals surface area contributed by atoms with Gasteiger partial charge < -0.3 is 9.16 Å². The van der Waals surface area contributed by atoms with Crippen LogP contribution in [0, 0.1) is 6.92 Å². The Hall–Kier alpha value is -3.18. The van der Waals surface area contributed by atoms with Crippen molar-refractivity contribution in [1.29, 1.82) is 0 Å². The molecule has 220 valence electrons. The molecule has 1 amide bonds. The Morgan fingerprint density at radius 1 is 1.10 bits per heavy atom. The van der Waals surface area contributed by atoms with Gasteiger partial charge in [0.1, 0.15) is 16.4 Å². The highest BCUT2D eigenvalue weighted by Crippen LogP contribution is 2.40. The van der Waals surface area contributed by atoms with Crippen LogP contribution >= 0.6 is 22.9 Å². The summed E-state index contributed by atoms with van der Waals surface area (Å²) in [5.41, 5.74) is 5.34. The van der Waals surface area contributed by atoms with Crippen molar-refractivity contribution in [2.24, 2.45) is 0 Å². The summed E-state index contributed by atoms with van der Waals surface area (Å²) < 4.78 is 13.1. The van der Waals surface area contributed by atoms with Crippen LogP contribution in [0.25, 0.3) is 26.9 Å². The van der Waals surface area contributed by atoms with Gasteiger partial charge in [-0.1, -0.05) is 49.8 Å². The number of anilines is 1. The maximum absolute atomic E-state index is 13.5. The number of nitrogens with zero attached hydrogens (tertiary/aromatic N) is 4. The van der Waals surface area contributed by atoms with Crippen molar-refractivity contribution in [3.8, 4) is 16.9 Å². The van der Waals surface area contributed by atoms with Gasteiger partial charge in [0.05, 0.1) is 35.5 Å². The highest BCUT2D eigenvalue weighted by atomic mass is 35.5. The zero-order chi connectivity index (χ0) is 30.2. The van der Waals surface area contributed by atoms with E-state index in [0.717, 1.165) is 40.9 Å². The molecule has 4 aromatic rings. The molecule has 11 heteroatoms. The van der Waals surface area contributed by atoms with Gasteiger partial charge in [-0.05, 0) is 68.1 Å². The average Bonchev–Trinajstić information content (AvgIpc) is 3.34. The minimum Gasteiger partial charge on any atom is -0.494 e. The number of methoxy groups -OCH3 is 1. The Morgan fingerprint density at radius 2 is 1.88 bits per heavy atom. The molecule has 0 aromatic carbocycles. The molecule has 0 unspecified atom stereocenters. The number of nitrogens with one attached hydrogen (secondary N) is 1. The molecule has 1 aliphatic rings. The van der Waals surface area contributed by atoms with Crippen LogP contribution in [-0.4, -0.2) is 47.4 Å². The van der Waals surface area contributed by atoms with Crippen LogP contribution in [0.5, 0.6) is 5.75 Å². The van der Waals surface area contributed by atoms with E-state index in [1.165, 1.54) is 23.1 Å². The second-order valence-electron chi connectivity index (χ2n) is 12.1. The number of allylic oxidation sites excluding steroid dienone is 1. The molecule has 0 fully saturated rings. The van der Waals surface area contributed by atoms with Gasteiger partial charge in [0.15, 0.2) is 13.4 Å². The average molecular weight is 622 g/mol. The molecule has 8 nitrogen and oxygen atoms in total. The Morgan fingerprint density at radius 3 is 2.57 bits per heavy atom. The quantitative estimate of drug-likeness (QED) is 0.164. The van der Waals surface area contributed by atoms with Crippen molar-refractivity contribution in [2.45, 2.75) is 71.2 Å². The number of hydrogen-bond donors (Lipinski definition) is 1. The Kier molecular flexibility index (Phi) is 8.53. The number of fused-ring (bicyclic) bond motifs is 1. The van der Waals surface area contributed by atoms with E-state index in [1.54, 1.807) is 25.6 Å². The van der Waals surface area contributed by atoms with Crippen LogP contribution in [0.3, 0.4) is 0 Å². The molecule has 0 saturated carbocycles. The smallest absolute Gasteiger partial charge is 0.259 e. The van der Waals surface area contributed by atoms with E-state index in [-0.39, 0.29) is 17.0 Å². The normalized spacial score (nSPS) is 15.9. The molecular formula is C31H36ClN5O3SSi. The van der Waals surface area contributed by atoms with Gasteiger partial charge in [-0.2, -0.15) is 0 Å². The Balaban J connectivity index is 1.35. The fourth-order valence-corrected chi connectivity index (χ4v) is 7.15. The molecule has 1 atom stereocenters. The third kappa shape index (κ3) is 6.41. The number of hydrogen-bond acceptors (Lipinski definition) is 8. The van der Waals surface area contributed by atoms with Gasteiger partial charge in [0, 0.05) is 29.1 Å². The third-order valence-electron chi connectivity index (χ3n) is 8.08. The van der Waals surface area contributed by atoms with E-state index in [0.29, 0.717) is 32.7 Å². The van der Waals surface area contributed by atoms with E-state index in [4.69, 9.17) is 25.7 Å². The van der Waals surface area contributed by atoms with Crippen molar-refractivity contribution in [3.05, 3.63) is 65.0 Å². The zero-order valence-corrected chi connectivity index (χ0v) is 27.6. The van der Waals surface area contributed by atoms with E-state index >= 15 is 0 Å². The minimum atomic E-state index is -1.80. The minimum absolute atomic E-state index is 0.194. The van der Waals surface area contributed by atoms with Gasteiger partial charge in [-0.3, -0.25) is 20.1 Å². The topological polar surface area (TPSA) is 99.1 Å². The number of rotatable bonds is 7. The second-order valence-corrected chi connectivity index (χ2v) is 18.3. The maximum Gasteiger partial charge on any atom is 0.259 e. The molecule has 0 radical (unpaired) electrons. The lowest BCUT2D eigenvalue weighted by Crippen LogP contribution is -2.44. The highest BCUT2D eigenvalue weighted by Gasteiger charge is 2.39. The molecule has 5 rings (SSSR count). The number of carbonyl (C=O) groups excluding carboxylic acids is 1. The Bertz CT molecular complexity index is 1680. The van der Waals surface area contributed by atoms with E-state index in [1.807, 2.05) is 13.0 Å². The van der Waals surface area contributed by atoms with Crippen LogP contribution in [-0.2, 0) is 4.43 Å². The van der Waals surface area contributed by atoms with Crippen LogP contribution < -0.4 is 10.1 Å². The van der Waals surface area contributed by atoms with Crippen LogP contribution in [0.4, 0.5) is 5.13 Å². The first kappa shape index (κ1) is 30.3. The predicted molar refractivity (Wildman–Crippen MR) is 173 cm³/mol. The molecule has 4 heterocycles. The van der Waals surface area contributed by atoms with Gasteiger partial charge >= 0.3 is 0 Å². The monoisotopic (exact) mass is 621 g/mol. The predicted octanol–water partition coefficient (Wildman–Crippen LogP) is 8.33. The van der Waals surface area contributed by atoms with Crippen LogP contribution in [0.1, 0.15) is 61.8 Å². The molecule has 42 heavy (non-hydrogen) atoms. The molecule has 0 bridgehead atoms. The molecule has 4 aromatic heterocycles. The van der Waals surface area contributed by atoms with Gasteiger partial charge in [0.2, 0.25) is 0 Å². The number of ether oxygens (including phenoxy) is 1. The third-order valence-corrected chi connectivity index (χ3v) is 13.8. The van der Waals surface area contributed by atoms with Crippen LogP contribution in [0.15, 0.2) is 42.9 Å². The number of thiazole rings is 1. The van der Waals surface area contributed by atoms with Crippen molar-refractivity contribution in [3.63, 3.8) is 0 Å². The number of aryl methyl sites for hydroxylation is 1. The molecule has 0 aliphatic heterocycles. The number of carbonyl (C=O) groups is 1. The molecule has 0 saturated heterocycles. The summed E-state index contributed by atoms with van der Waals surface area (Å²) in [6.45, 7) is 13.3. The number of pyridine rings is 3. The summed E-state index contributed by atoms with van der Waals surface area (Å²) in [6, 6.07) is 5.57. The lowest BCUT2D eigenvalue weighted by atomic mass is 9.95. The van der Waals surface area contributed by atoms with E-state index in [2.05, 4.69) is 66.3 Å². The van der Waals surface area contributed by atoms with Crippen molar-refractivity contribution in [1.82, 2.24) is 19.9 Å². The molecular weight excluding hydrogens is 586 g/mol. The second kappa shape index (κ2) is 11.8. The van der Waals surface area contributed by atoms with Crippen LogP contribution in [0.2, 0.25) is 23.3 Å². The fourth-order valence-electron chi connectivity index (χ4n) is 4.72. The lowest BCUT2D eigenvalue weighted by molar-refractivity contribution is 0.102. The number of amides is 1. The summed E-state index contributed by atoms with van der Waals surface area (Å²) in [6.07, 6.45) is 10.2. The van der Waals surface area contributed by atoms with E-state index < -0.39 is 8.32 Å². The number of halogens is 1. The number of aromatic nitrogens is 4. The summed E-state index contributed by atoms with van der Waals surface area (Å²) in [5, 5.41) is 3.93. The summed E-state index contributed by atoms with van der Waals surface area (Å²) in [7, 11) is -0.251. The Labute approximate surface area is 256 Å². The summed E-state index contributed by atoms with van der Waals surface area (Å²) in [5.74, 6) is 0.176. The van der Waals surface area contributed by atoms with Gasteiger partial charge in [0.25, 0.3) is 5.91 Å². The SMILES string of the molecule is COc1cnc(Cl)cc1-c1cc(C)ncc1C(=O)Nc1nc2cnc(C3=CC[C@H](O[Si](C)(C)C(C)(C)C)CC3)cc2s1. The first-order valence-electron chi connectivity index (χ1n) is 14.0. The van der Waals surface area contributed by atoms with Gasteiger partial charge in [-0.15, -0.1) is 0 Å². The fraction of sp³-hybridized carbons (Fsp3) is 0.387. The van der Waals surface area contributed by atoms with Crippen molar-refractivity contribution in [2.75, 3.05) is 12.4 Å². The largest absolute Gasteiger partial charge is 0.494 e. The first-order chi connectivity index (χ1) is 19.8. The standard InChI is InChI=1S/C31H36ClN5O3SSi/c1-18-12-21(22-13-28(32)35-17-26(22)39-5)23(15-33-18)29(38)37-30-36-25-16-34-24(14-27(25)41-30)19-8-10-20(11-9-19)40-42(6,7)31(2,3)4/h8,12-17,20H,9-11H2,1-7H3,(H,36,37,38)/t20-/m0/s1. The van der Waals surface area contributed by atoms with Crippen molar-refractivity contribution >= 4 is 58.1 Å².